The van der Waals surface area contributed by atoms with Crippen LogP contribution < -0.4 is 15.4 Å². The van der Waals surface area contributed by atoms with E-state index in [-0.39, 0.29) is 17.3 Å². The fourth-order valence-corrected chi connectivity index (χ4v) is 4.82. The Bertz CT molecular complexity index is 1700. The minimum atomic E-state index is -4.96. The van der Waals surface area contributed by atoms with Crippen molar-refractivity contribution in [2.24, 2.45) is 0 Å². The SMILES string of the molecule is CC(=O)N[C@H]1[C@H]([C@H](O)[C@H](O)CO)O[C@@](Oc2ccc(-n3cc(COC(=O)Nc4nc(C)oc4C(F)(F)F)nn3)cc2C(F)F)(C(=O)O)C[C@@H]1O. The zero-order valence-corrected chi connectivity index (χ0v) is 25.7. The molecule has 2 amide bonds. The molecule has 3 heterocycles. The lowest BCUT2D eigenvalue weighted by molar-refractivity contribution is -0.284. The van der Waals surface area contributed by atoms with Crippen molar-refractivity contribution >= 4 is 23.8 Å². The molecule has 1 aliphatic heterocycles. The Balaban J connectivity index is 1.54. The average molecular weight is 725 g/mol. The fraction of sp³-hybridized carbons (Fsp3) is 0.481. The third-order valence-electron chi connectivity index (χ3n) is 7.06. The smallest absolute Gasteiger partial charge is 0.453 e. The standard InChI is InChI=1S/C27H29F5N6O12/c1-10(40)33-18-15(41)6-26(24(44)45,50-20(18)19(43)16(42)8-39)49-17-4-3-13(5-14(17)22(28)29)38-7-12(36-37-38)9-47-25(46)35-23-21(27(30,31)32)48-11(2)34-23/h3-5,7,15-16,18-20,22,39,41-43H,6,8-9H2,1-2H3,(H,33,40)(H,35,46)(H,44,45)/t15-,16+,18+,19+,20+,26+/m0/s1. The van der Waals surface area contributed by atoms with Gasteiger partial charge >= 0.3 is 24.0 Å². The first kappa shape index (κ1) is 37.8. The number of alkyl halides is 5. The number of nitrogens with one attached hydrogen (secondary N) is 2. The molecule has 7 N–H and O–H groups in total. The Kier molecular flexibility index (Phi) is 11.3. The van der Waals surface area contributed by atoms with Crippen LogP contribution in [-0.2, 0) is 31.8 Å². The van der Waals surface area contributed by atoms with E-state index in [1.807, 2.05) is 0 Å². The number of carbonyl (C=O) groups is 3. The number of hydrogen-bond donors (Lipinski definition) is 7. The van der Waals surface area contributed by atoms with Crippen molar-refractivity contribution < 1.29 is 80.5 Å². The molecule has 0 radical (unpaired) electrons. The van der Waals surface area contributed by atoms with Gasteiger partial charge in [0.05, 0.1) is 42.6 Å². The number of aliphatic hydroxyl groups is 4. The zero-order valence-electron chi connectivity index (χ0n) is 25.7. The number of carbonyl (C=O) groups excluding carboxylic acids is 2. The lowest BCUT2D eigenvalue weighted by Crippen LogP contribution is -2.68. The Morgan fingerprint density at radius 1 is 1.22 bits per heavy atom. The summed E-state index contributed by atoms with van der Waals surface area (Å²) in [6.45, 7) is 0.462. The predicted molar refractivity (Wildman–Crippen MR) is 150 cm³/mol. The monoisotopic (exact) mass is 724 g/mol. The number of hydrogen-bond acceptors (Lipinski definition) is 14. The lowest BCUT2D eigenvalue weighted by atomic mass is 9.88. The van der Waals surface area contributed by atoms with E-state index in [0.29, 0.717) is 0 Å². The number of carboxylic acids is 1. The van der Waals surface area contributed by atoms with Crippen molar-refractivity contribution in [3.05, 3.63) is 47.3 Å². The Morgan fingerprint density at radius 3 is 2.52 bits per heavy atom. The number of aromatic nitrogens is 4. The summed E-state index contributed by atoms with van der Waals surface area (Å²) in [6.07, 6.45) is -17.3. The molecule has 0 aliphatic carbocycles. The van der Waals surface area contributed by atoms with Gasteiger partial charge in [0.15, 0.2) is 11.7 Å². The van der Waals surface area contributed by atoms with Crippen LogP contribution >= 0.6 is 0 Å². The van der Waals surface area contributed by atoms with Crippen LogP contribution in [-0.4, -0.2) is 106 Å². The van der Waals surface area contributed by atoms with Crippen molar-refractivity contribution in [1.82, 2.24) is 25.3 Å². The lowest BCUT2D eigenvalue weighted by Gasteiger charge is -2.46. The van der Waals surface area contributed by atoms with Crippen molar-refractivity contribution in [2.45, 2.75) is 75.7 Å². The van der Waals surface area contributed by atoms with E-state index in [1.54, 1.807) is 5.32 Å². The van der Waals surface area contributed by atoms with Gasteiger partial charge in [-0.25, -0.2) is 23.1 Å². The first-order valence-electron chi connectivity index (χ1n) is 14.2. The van der Waals surface area contributed by atoms with Gasteiger partial charge in [-0.1, -0.05) is 5.21 Å². The van der Waals surface area contributed by atoms with E-state index in [4.69, 9.17) is 14.2 Å². The molecule has 4 rings (SSSR count). The number of benzene rings is 1. The van der Waals surface area contributed by atoms with Crippen LogP contribution in [0.25, 0.3) is 5.69 Å². The maximum absolute atomic E-state index is 14.3. The molecule has 1 fully saturated rings. The van der Waals surface area contributed by atoms with Gasteiger partial charge in [0, 0.05) is 13.8 Å². The van der Waals surface area contributed by atoms with Gasteiger partial charge in [0.25, 0.3) is 12.2 Å². The quantitative estimate of drug-likeness (QED) is 0.127. The number of rotatable bonds is 12. The van der Waals surface area contributed by atoms with Crippen LogP contribution in [0.3, 0.4) is 0 Å². The van der Waals surface area contributed by atoms with Crippen molar-refractivity contribution in [3.8, 4) is 11.4 Å². The van der Waals surface area contributed by atoms with E-state index in [2.05, 4.69) is 25.0 Å². The minimum absolute atomic E-state index is 0.0933. The molecule has 274 valence electrons. The van der Waals surface area contributed by atoms with Crippen LogP contribution in [0.5, 0.6) is 5.75 Å². The van der Waals surface area contributed by atoms with Crippen LogP contribution in [0.2, 0.25) is 0 Å². The summed E-state index contributed by atoms with van der Waals surface area (Å²) < 4.78 is 88.9. The number of oxazole rings is 1. The molecular formula is C27H29F5N6O12. The highest BCUT2D eigenvalue weighted by atomic mass is 19.4. The Hall–Kier alpha value is -4.97. The molecule has 50 heavy (non-hydrogen) atoms. The van der Waals surface area contributed by atoms with E-state index in [1.165, 1.54) is 0 Å². The van der Waals surface area contributed by atoms with E-state index in [9.17, 15) is 61.9 Å². The van der Waals surface area contributed by atoms with Crippen LogP contribution in [0, 0.1) is 6.92 Å². The third-order valence-corrected chi connectivity index (χ3v) is 7.06. The van der Waals surface area contributed by atoms with Gasteiger partial charge in [-0.05, 0) is 18.2 Å². The summed E-state index contributed by atoms with van der Waals surface area (Å²) in [5.74, 6) is -9.32. The molecule has 0 spiro atoms. The number of anilines is 1. The van der Waals surface area contributed by atoms with Gasteiger partial charge < -0.3 is 49.5 Å². The fourth-order valence-electron chi connectivity index (χ4n) is 4.82. The van der Waals surface area contributed by atoms with Crippen LogP contribution in [0.15, 0.2) is 28.8 Å². The second kappa shape index (κ2) is 14.9. The molecule has 3 aromatic rings. The molecule has 1 aliphatic rings. The second-order valence-electron chi connectivity index (χ2n) is 10.8. The number of aryl methyl sites for hydroxylation is 1. The molecular weight excluding hydrogens is 695 g/mol. The summed E-state index contributed by atoms with van der Waals surface area (Å²) in [7, 11) is 0. The summed E-state index contributed by atoms with van der Waals surface area (Å²) in [4.78, 5) is 39.7. The van der Waals surface area contributed by atoms with Crippen molar-refractivity contribution in [3.63, 3.8) is 0 Å². The highest BCUT2D eigenvalue weighted by Gasteiger charge is 2.57. The van der Waals surface area contributed by atoms with E-state index < -0.39 is 109 Å². The summed E-state index contributed by atoms with van der Waals surface area (Å²) >= 11 is 0. The summed E-state index contributed by atoms with van der Waals surface area (Å²) in [5, 5.41) is 62.1. The van der Waals surface area contributed by atoms with Gasteiger partial charge in [0.2, 0.25) is 5.91 Å². The minimum Gasteiger partial charge on any atom is -0.476 e. The van der Waals surface area contributed by atoms with Crippen molar-refractivity contribution in [1.29, 1.82) is 0 Å². The molecule has 0 unspecified atom stereocenters. The maximum Gasteiger partial charge on any atom is 0.453 e. The first-order valence-corrected chi connectivity index (χ1v) is 14.2. The predicted octanol–water partition coefficient (Wildman–Crippen LogP) is 0.797. The zero-order chi connectivity index (χ0) is 37.1. The first-order chi connectivity index (χ1) is 23.3. The number of halogens is 5. The molecule has 6 atom stereocenters. The summed E-state index contributed by atoms with van der Waals surface area (Å²) in [6, 6.07) is 1.30. The second-order valence-corrected chi connectivity index (χ2v) is 10.8. The molecule has 23 heteroatoms. The van der Waals surface area contributed by atoms with Crippen molar-refractivity contribution in [2.75, 3.05) is 11.9 Å². The number of ether oxygens (including phenoxy) is 3. The normalized spacial score (nSPS) is 22.1. The largest absolute Gasteiger partial charge is 0.476 e. The Morgan fingerprint density at radius 2 is 1.92 bits per heavy atom. The van der Waals surface area contributed by atoms with Gasteiger partial charge in [-0.2, -0.15) is 18.2 Å². The Labute approximate surface area is 276 Å². The number of nitrogens with zero attached hydrogens (tertiary/aromatic N) is 4. The summed E-state index contributed by atoms with van der Waals surface area (Å²) in [5.41, 5.74) is -1.12. The topological polar surface area (TPSA) is 261 Å². The van der Waals surface area contributed by atoms with Gasteiger partial charge in [0.1, 0.15) is 36.4 Å². The average Bonchev–Trinajstić information content (AvgIpc) is 3.66. The maximum atomic E-state index is 14.3. The number of carboxylic acid groups (broad SMARTS) is 1. The third kappa shape index (κ3) is 8.42. The molecule has 2 aromatic heterocycles. The molecule has 1 aromatic carbocycles. The highest BCUT2D eigenvalue weighted by molar-refractivity contribution is 5.84. The van der Waals surface area contributed by atoms with E-state index in [0.717, 1.165) is 42.9 Å². The van der Waals surface area contributed by atoms with Crippen LogP contribution in [0.1, 0.15) is 42.7 Å². The number of aliphatic hydroxyl groups excluding tert-OH is 4. The van der Waals surface area contributed by atoms with Gasteiger partial charge in [-0.15, -0.1) is 5.10 Å². The van der Waals surface area contributed by atoms with Crippen LogP contribution in [0.4, 0.5) is 32.6 Å². The van der Waals surface area contributed by atoms with E-state index >= 15 is 0 Å². The molecule has 0 bridgehead atoms. The highest BCUT2D eigenvalue weighted by Crippen LogP contribution is 2.39. The molecule has 1 saturated heterocycles. The number of amides is 2. The number of aliphatic carboxylic acids is 1. The van der Waals surface area contributed by atoms with Gasteiger partial charge in [-0.3, -0.25) is 10.1 Å². The molecule has 18 nitrogen and oxygen atoms in total. The molecule has 0 saturated carbocycles.